The molecule has 0 radical (unpaired) electrons. The summed E-state index contributed by atoms with van der Waals surface area (Å²) >= 11 is 0. The normalized spacial score (nSPS) is 10.7. The van der Waals surface area contributed by atoms with E-state index in [0.717, 1.165) is 0 Å². The Morgan fingerprint density at radius 2 is 2.20 bits per heavy atom. The second-order valence-corrected chi connectivity index (χ2v) is 5.38. The number of aliphatic hydroxyl groups is 1. The molecule has 0 saturated carbocycles. The van der Waals surface area contributed by atoms with Crippen molar-refractivity contribution < 1.29 is 13.5 Å². The van der Waals surface area contributed by atoms with E-state index in [9.17, 15) is 8.42 Å². The van der Waals surface area contributed by atoms with Crippen LogP contribution in [0.15, 0.2) is 35.6 Å². The Bertz CT molecular complexity index is 730. The number of nitrogens with one attached hydrogen (secondary N) is 2. The van der Waals surface area contributed by atoms with Crippen LogP contribution < -0.4 is 4.72 Å². The third-order valence-corrected chi connectivity index (χ3v) is 3.52. The number of hydrogen-bond acceptors (Lipinski definition) is 5. The molecule has 0 aliphatic rings. The zero-order valence-corrected chi connectivity index (χ0v) is 11.2. The van der Waals surface area contributed by atoms with Gasteiger partial charge in [0.05, 0.1) is 12.8 Å². The Balaban J connectivity index is 2.19. The van der Waals surface area contributed by atoms with Crippen molar-refractivity contribution in [2.45, 2.75) is 11.4 Å². The predicted octanol–water partition coefficient (Wildman–Crippen LogP) is 0.339. The second-order valence-electron chi connectivity index (χ2n) is 3.73. The maximum atomic E-state index is 11.9. The summed E-state index contributed by atoms with van der Waals surface area (Å²) in [6.45, 7) is -0.0165. The third-order valence-electron chi connectivity index (χ3n) is 2.23. The highest BCUT2D eigenvalue weighted by Crippen LogP contribution is 2.12. The summed E-state index contributed by atoms with van der Waals surface area (Å²) in [7, 11) is -3.73. The molecular weight excluding hydrogens is 280 g/mol. The number of aromatic nitrogens is 3. The van der Waals surface area contributed by atoms with Crippen LogP contribution in [0.1, 0.15) is 12.0 Å². The molecule has 0 atom stereocenters. The Labute approximate surface area is 116 Å². The maximum absolute atomic E-state index is 11.9. The number of pyridine rings is 1. The fourth-order valence-corrected chi connectivity index (χ4v) is 2.28. The van der Waals surface area contributed by atoms with Crippen LogP contribution in [0.5, 0.6) is 0 Å². The van der Waals surface area contributed by atoms with Gasteiger partial charge < -0.3 is 5.11 Å². The lowest BCUT2D eigenvalue weighted by molar-refractivity contribution is 0.305. The van der Waals surface area contributed by atoms with Crippen molar-refractivity contribution in [1.29, 1.82) is 0 Å². The van der Waals surface area contributed by atoms with Gasteiger partial charge in [0, 0.05) is 18.2 Å². The van der Waals surface area contributed by atoms with Crippen LogP contribution in [0.25, 0.3) is 0 Å². The average molecular weight is 292 g/mol. The summed E-state index contributed by atoms with van der Waals surface area (Å²) in [6, 6.07) is 4.50. The SMILES string of the molecule is O=S(=O)(Nc1cc(C#CCCO)ccn1)c1ccn[nH]1. The molecule has 7 nitrogen and oxygen atoms in total. The molecule has 0 aliphatic carbocycles. The fraction of sp³-hybridized carbons (Fsp3) is 0.167. The van der Waals surface area contributed by atoms with Gasteiger partial charge in [-0.05, 0) is 18.2 Å². The summed E-state index contributed by atoms with van der Waals surface area (Å²) in [6.07, 6.45) is 3.16. The van der Waals surface area contributed by atoms with Gasteiger partial charge in [0.2, 0.25) is 0 Å². The van der Waals surface area contributed by atoms with Gasteiger partial charge in [0.25, 0.3) is 10.0 Å². The van der Waals surface area contributed by atoms with Gasteiger partial charge in [-0.3, -0.25) is 9.82 Å². The summed E-state index contributed by atoms with van der Waals surface area (Å²) < 4.78 is 26.2. The number of anilines is 1. The number of rotatable bonds is 4. The molecule has 0 amide bonds. The van der Waals surface area contributed by atoms with Crippen LogP contribution in [0, 0.1) is 11.8 Å². The first-order chi connectivity index (χ1) is 9.62. The van der Waals surface area contributed by atoms with Gasteiger partial charge in [0.1, 0.15) is 5.82 Å². The lowest BCUT2D eigenvalue weighted by atomic mass is 10.2. The molecule has 0 spiro atoms. The highest BCUT2D eigenvalue weighted by atomic mass is 32.2. The van der Waals surface area contributed by atoms with Crippen molar-refractivity contribution in [3.63, 3.8) is 0 Å². The van der Waals surface area contributed by atoms with E-state index in [2.05, 4.69) is 31.7 Å². The molecule has 2 aromatic rings. The van der Waals surface area contributed by atoms with Crippen molar-refractivity contribution in [2.75, 3.05) is 11.3 Å². The van der Waals surface area contributed by atoms with Gasteiger partial charge in [-0.25, -0.2) is 4.98 Å². The number of sulfonamides is 1. The van der Waals surface area contributed by atoms with E-state index in [1.54, 1.807) is 6.07 Å². The minimum Gasteiger partial charge on any atom is -0.395 e. The molecule has 2 heterocycles. The summed E-state index contributed by atoms with van der Waals surface area (Å²) in [5.74, 6) is 5.71. The van der Waals surface area contributed by atoms with Crippen molar-refractivity contribution in [3.05, 3.63) is 36.2 Å². The van der Waals surface area contributed by atoms with Crippen LogP contribution in [0.3, 0.4) is 0 Å². The van der Waals surface area contributed by atoms with Crippen molar-refractivity contribution in [2.24, 2.45) is 0 Å². The van der Waals surface area contributed by atoms with E-state index in [-0.39, 0.29) is 17.5 Å². The van der Waals surface area contributed by atoms with E-state index in [1.165, 1.54) is 24.5 Å². The standard InChI is InChI=1S/C12H12N4O3S/c17-8-2-1-3-10-4-6-13-11(9-10)16-20(18,19)12-5-7-14-15-12/h4-7,9,17H,2,8H2,(H,13,16)(H,14,15). The van der Waals surface area contributed by atoms with Gasteiger partial charge in [-0.2, -0.15) is 13.5 Å². The molecule has 0 bridgehead atoms. The molecular formula is C12H12N4O3S. The van der Waals surface area contributed by atoms with E-state index in [4.69, 9.17) is 5.11 Å². The van der Waals surface area contributed by atoms with Crippen molar-refractivity contribution in [1.82, 2.24) is 15.2 Å². The molecule has 0 aliphatic heterocycles. The molecule has 8 heteroatoms. The third kappa shape index (κ3) is 3.57. The molecule has 2 aromatic heterocycles. The topological polar surface area (TPSA) is 108 Å². The van der Waals surface area contributed by atoms with Gasteiger partial charge in [-0.15, -0.1) is 0 Å². The number of aromatic amines is 1. The van der Waals surface area contributed by atoms with Crippen molar-refractivity contribution in [3.8, 4) is 11.8 Å². The largest absolute Gasteiger partial charge is 0.395 e. The predicted molar refractivity (Wildman–Crippen MR) is 72.2 cm³/mol. The summed E-state index contributed by atoms with van der Waals surface area (Å²) in [5, 5.41) is 14.6. The number of H-pyrrole nitrogens is 1. The first-order valence-corrected chi connectivity index (χ1v) is 7.18. The molecule has 0 aromatic carbocycles. The molecule has 2 rings (SSSR count). The maximum Gasteiger partial charge on any atom is 0.279 e. The second kappa shape index (κ2) is 6.18. The quantitative estimate of drug-likeness (QED) is 0.704. The van der Waals surface area contributed by atoms with Crippen LogP contribution in [-0.4, -0.2) is 35.3 Å². The molecule has 3 N–H and O–H groups in total. The van der Waals surface area contributed by atoms with Gasteiger partial charge >= 0.3 is 0 Å². The Morgan fingerprint density at radius 1 is 1.35 bits per heavy atom. The average Bonchev–Trinajstić information content (AvgIpc) is 2.94. The number of hydrogen-bond donors (Lipinski definition) is 3. The smallest absolute Gasteiger partial charge is 0.279 e. The molecule has 0 saturated heterocycles. The lowest BCUT2D eigenvalue weighted by Gasteiger charge is -2.05. The summed E-state index contributed by atoms with van der Waals surface area (Å²) in [4.78, 5) is 3.92. The number of nitrogens with zero attached hydrogens (tertiary/aromatic N) is 2. The summed E-state index contributed by atoms with van der Waals surface area (Å²) in [5.41, 5.74) is 0.607. The minimum absolute atomic E-state index is 0.0165. The Morgan fingerprint density at radius 3 is 2.90 bits per heavy atom. The van der Waals surface area contributed by atoms with E-state index in [1.807, 2.05) is 0 Å². The van der Waals surface area contributed by atoms with Crippen LogP contribution >= 0.6 is 0 Å². The van der Waals surface area contributed by atoms with Crippen LogP contribution in [0.2, 0.25) is 0 Å². The zero-order valence-electron chi connectivity index (χ0n) is 10.4. The van der Waals surface area contributed by atoms with E-state index < -0.39 is 10.0 Å². The van der Waals surface area contributed by atoms with E-state index in [0.29, 0.717) is 12.0 Å². The van der Waals surface area contributed by atoms with Crippen LogP contribution in [-0.2, 0) is 10.0 Å². The van der Waals surface area contributed by atoms with E-state index >= 15 is 0 Å². The monoisotopic (exact) mass is 292 g/mol. The zero-order chi connectivity index (χ0) is 14.4. The minimum atomic E-state index is -3.73. The van der Waals surface area contributed by atoms with Crippen molar-refractivity contribution >= 4 is 15.8 Å². The first kappa shape index (κ1) is 14.0. The number of aliphatic hydroxyl groups excluding tert-OH is 1. The van der Waals surface area contributed by atoms with Crippen LogP contribution in [0.4, 0.5) is 5.82 Å². The Hall–Kier alpha value is -2.37. The molecule has 20 heavy (non-hydrogen) atoms. The molecule has 0 unspecified atom stereocenters. The van der Waals surface area contributed by atoms with Gasteiger partial charge in [-0.1, -0.05) is 11.8 Å². The first-order valence-electron chi connectivity index (χ1n) is 5.70. The molecule has 104 valence electrons. The lowest BCUT2D eigenvalue weighted by Crippen LogP contribution is -2.14. The highest BCUT2D eigenvalue weighted by molar-refractivity contribution is 7.92. The van der Waals surface area contributed by atoms with Gasteiger partial charge in [0.15, 0.2) is 5.03 Å². The highest BCUT2D eigenvalue weighted by Gasteiger charge is 2.15. The fourth-order valence-electron chi connectivity index (χ4n) is 1.37. The Kier molecular flexibility index (Phi) is 4.34. The molecule has 0 fully saturated rings.